The highest BCUT2D eigenvalue weighted by atomic mass is 28.4. The molecule has 0 radical (unpaired) electrons. The van der Waals surface area contributed by atoms with Gasteiger partial charge in [-0.1, -0.05) is 32.4 Å². The van der Waals surface area contributed by atoms with E-state index in [0.29, 0.717) is 19.4 Å². The summed E-state index contributed by atoms with van der Waals surface area (Å²) in [5, 5.41) is -0.0138. The van der Waals surface area contributed by atoms with Crippen LogP contribution in [0, 0.1) is 5.92 Å². The number of methoxy groups -OCH3 is 1. The summed E-state index contributed by atoms with van der Waals surface area (Å²) < 4.78 is 17.1. The van der Waals surface area contributed by atoms with Gasteiger partial charge in [0.05, 0.1) is 19.8 Å². The number of esters is 1. The van der Waals surface area contributed by atoms with Crippen LogP contribution in [0.4, 0.5) is 0 Å². The third kappa shape index (κ3) is 5.89. The molecule has 1 rings (SSSR count). The van der Waals surface area contributed by atoms with Gasteiger partial charge in [-0.3, -0.25) is 4.79 Å². The van der Waals surface area contributed by atoms with E-state index in [1.807, 2.05) is 6.92 Å². The Labute approximate surface area is 158 Å². The third-order valence-corrected chi connectivity index (χ3v) is 9.76. The standard InChI is InChI=1S/C20H34O5Si/c1-9-10-15-13-24-16(11-14(2)12-17(21)23-6)19(18(15)22)25-26(7,8)20(3,4)5/h9,12,15-16,19H,1,10-11,13H2,2-8H3/b14-12+/t15-,16-,19-/m0/s1. The number of hydrogen-bond acceptors (Lipinski definition) is 5. The van der Waals surface area contributed by atoms with Crippen molar-refractivity contribution in [2.75, 3.05) is 13.7 Å². The van der Waals surface area contributed by atoms with Gasteiger partial charge in [0.2, 0.25) is 0 Å². The highest BCUT2D eigenvalue weighted by Crippen LogP contribution is 2.39. The average Bonchev–Trinajstić information content (AvgIpc) is 2.52. The molecule has 1 heterocycles. The zero-order valence-corrected chi connectivity index (χ0v) is 18.3. The van der Waals surface area contributed by atoms with Crippen molar-refractivity contribution in [1.29, 1.82) is 0 Å². The van der Waals surface area contributed by atoms with Gasteiger partial charge in [-0.2, -0.15) is 0 Å². The summed E-state index contributed by atoms with van der Waals surface area (Å²) in [6.45, 7) is 16.6. The molecule has 1 saturated heterocycles. The van der Waals surface area contributed by atoms with E-state index < -0.39 is 26.5 Å². The lowest BCUT2D eigenvalue weighted by Crippen LogP contribution is -2.55. The first-order valence-corrected chi connectivity index (χ1v) is 12.0. The normalized spacial score (nSPS) is 25.1. The van der Waals surface area contributed by atoms with E-state index in [9.17, 15) is 9.59 Å². The van der Waals surface area contributed by atoms with Gasteiger partial charge in [-0.15, -0.1) is 6.58 Å². The van der Waals surface area contributed by atoms with Crippen LogP contribution >= 0.6 is 0 Å². The lowest BCUT2D eigenvalue weighted by molar-refractivity contribution is -0.153. The van der Waals surface area contributed by atoms with E-state index in [1.165, 1.54) is 13.2 Å². The van der Waals surface area contributed by atoms with Crippen molar-refractivity contribution < 1.29 is 23.5 Å². The molecular formula is C20H34O5Si. The van der Waals surface area contributed by atoms with Crippen LogP contribution in [0.2, 0.25) is 18.1 Å². The number of rotatable bonds is 7. The predicted molar refractivity (Wildman–Crippen MR) is 106 cm³/mol. The second-order valence-electron chi connectivity index (χ2n) is 8.51. The summed E-state index contributed by atoms with van der Waals surface area (Å²) in [6.07, 6.45) is 3.22. The molecular weight excluding hydrogens is 348 g/mol. The molecule has 0 N–H and O–H groups in total. The smallest absolute Gasteiger partial charge is 0.330 e. The Balaban J connectivity index is 3.06. The Bertz CT molecular complexity index is 559. The molecule has 148 valence electrons. The first-order chi connectivity index (χ1) is 11.9. The zero-order chi connectivity index (χ0) is 20.1. The fourth-order valence-corrected chi connectivity index (χ4v) is 3.90. The van der Waals surface area contributed by atoms with Gasteiger partial charge >= 0.3 is 5.97 Å². The molecule has 0 unspecified atom stereocenters. The lowest BCUT2D eigenvalue weighted by Gasteiger charge is -2.43. The lowest BCUT2D eigenvalue weighted by atomic mass is 9.89. The van der Waals surface area contributed by atoms with Crippen LogP contribution in [0.5, 0.6) is 0 Å². The molecule has 1 aliphatic rings. The van der Waals surface area contributed by atoms with E-state index in [2.05, 4.69) is 45.2 Å². The van der Waals surface area contributed by atoms with Crippen LogP contribution in [0.1, 0.15) is 40.5 Å². The molecule has 0 aliphatic carbocycles. The maximum Gasteiger partial charge on any atom is 0.330 e. The van der Waals surface area contributed by atoms with E-state index in [1.54, 1.807) is 6.08 Å². The van der Waals surface area contributed by atoms with Crippen molar-refractivity contribution in [2.45, 2.75) is 70.9 Å². The minimum atomic E-state index is -2.16. The summed E-state index contributed by atoms with van der Waals surface area (Å²) in [5.41, 5.74) is 0.806. The second-order valence-corrected chi connectivity index (χ2v) is 13.3. The Morgan fingerprint density at radius 2 is 2.00 bits per heavy atom. The first kappa shape index (κ1) is 22.8. The van der Waals surface area contributed by atoms with Crippen molar-refractivity contribution in [1.82, 2.24) is 0 Å². The molecule has 0 saturated carbocycles. The Morgan fingerprint density at radius 1 is 1.38 bits per heavy atom. The van der Waals surface area contributed by atoms with Gasteiger partial charge in [0.1, 0.15) is 6.10 Å². The highest BCUT2D eigenvalue weighted by Gasteiger charge is 2.46. The molecule has 0 aromatic heterocycles. The monoisotopic (exact) mass is 382 g/mol. The summed E-state index contributed by atoms with van der Waals surface area (Å²) >= 11 is 0. The molecule has 6 heteroatoms. The van der Waals surface area contributed by atoms with Crippen molar-refractivity contribution in [3.63, 3.8) is 0 Å². The highest BCUT2D eigenvalue weighted by molar-refractivity contribution is 6.74. The minimum Gasteiger partial charge on any atom is -0.466 e. The minimum absolute atomic E-state index is 0.0138. The quantitative estimate of drug-likeness (QED) is 0.288. The fourth-order valence-electron chi connectivity index (χ4n) is 2.64. The maximum atomic E-state index is 13.0. The molecule has 1 fully saturated rings. The largest absolute Gasteiger partial charge is 0.466 e. The summed E-state index contributed by atoms with van der Waals surface area (Å²) in [7, 11) is -0.813. The number of ketones is 1. The summed E-state index contributed by atoms with van der Waals surface area (Å²) in [6, 6.07) is 0. The number of Topliss-reactive ketones (excluding diaryl/α,β-unsaturated/α-hetero) is 1. The van der Waals surface area contributed by atoms with Gasteiger partial charge in [-0.05, 0) is 37.9 Å². The average molecular weight is 383 g/mol. The van der Waals surface area contributed by atoms with Crippen LogP contribution in [0.3, 0.4) is 0 Å². The Kier molecular flexibility index (Phi) is 7.98. The molecule has 5 nitrogen and oxygen atoms in total. The number of ether oxygens (including phenoxy) is 2. The van der Waals surface area contributed by atoms with Crippen LogP contribution in [-0.2, 0) is 23.5 Å². The van der Waals surface area contributed by atoms with Gasteiger partial charge in [-0.25, -0.2) is 4.79 Å². The molecule has 0 aromatic rings. The summed E-state index contributed by atoms with van der Waals surface area (Å²) in [5.74, 6) is -0.545. The first-order valence-electron chi connectivity index (χ1n) is 9.12. The third-order valence-electron chi connectivity index (χ3n) is 5.30. The van der Waals surface area contributed by atoms with Crippen LogP contribution in [-0.4, -0.2) is 46.0 Å². The number of hydrogen-bond donors (Lipinski definition) is 0. The Morgan fingerprint density at radius 3 is 2.50 bits per heavy atom. The van der Waals surface area contributed by atoms with Crippen molar-refractivity contribution in [3.8, 4) is 0 Å². The molecule has 26 heavy (non-hydrogen) atoms. The molecule has 0 bridgehead atoms. The van der Waals surface area contributed by atoms with Gasteiger partial charge in [0, 0.05) is 12.0 Å². The number of carbonyl (C=O) groups is 2. The molecule has 0 spiro atoms. The van der Waals surface area contributed by atoms with Gasteiger partial charge in [0.15, 0.2) is 14.1 Å². The Hall–Kier alpha value is -1.24. The maximum absolute atomic E-state index is 13.0. The molecule has 1 aliphatic heterocycles. The fraction of sp³-hybridized carbons (Fsp3) is 0.700. The van der Waals surface area contributed by atoms with Crippen molar-refractivity contribution in [3.05, 3.63) is 24.3 Å². The van der Waals surface area contributed by atoms with Gasteiger partial charge in [0.25, 0.3) is 0 Å². The predicted octanol–water partition coefficient (Wildman–Crippen LogP) is 4.05. The van der Waals surface area contributed by atoms with E-state index in [4.69, 9.17) is 9.16 Å². The molecule has 0 amide bonds. The molecule has 0 aromatic carbocycles. The number of allylic oxidation sites excluding steroid dienone is 1. The van der Waals surface area contributed by atoms with Crippen LogP contribution in [0.25, 0.3) is 0 Å². The molecule has 3 atom stereocenters. The van der Waals surface area contributed by atoms with E-state index >= 15 is 0 Å². The zero-order valence-electron chi connectivity index (χ0n) is 17.3. The second kappa shape index (κ2) is 9.11. The van der Waals surface area contributed by atoms with Crippen molar-refractivity contribution in [2.24, 2.45) is 5.92 Å². The number of carbonyl (C=O) groups excluding carboxylic acids is 2. The van der Waals surface area contributed by atoms with Crippen LogP contribution in [0.15, 0.2) is 24.3 Å². The SMILES string of the molecule is C=CC[C@H]1CO[C@@H](C/C(C)=C/C(=O)OC)[C@H](O[Si](C)(C)C(C)(C)C)C1=O. The summed E-state index contributed by atoms with van der Waals surface area (Å²) in [4.78, 5) is 24.5. The van der Waals surface area contributed by atoms with E-state index in [0.717, 1.165) is 5.57 Å². The van der Waals surface area contributed by atoms with Crippen molar-refractivity contribution >= 4 is 20.1 Å². The van der Waals surface area contributed by atoms with E-state index in [-0.39, 0.29) is 16.7 Å². The van der Waals surface area contributed by atoms with Gasteiger partial charge < -0.3 is 13.9 Å². The topological polar surface area (TPSA) is 61.8 Å². The van der Waals surface area contributed by atoms with Crippen LogP contribution < -0.4 is 0 Å².